The van der Waals surface area contributed by atoms with Crippen molar-refractivity contribution < 1.29 is 9.13 Å². The second kappa shape index (κ2) is 10.3. The lowest BCUT2D eigenvalue weighted by Gasteiger charge is -2.35. The average molecular weight is 535 g/mol. The quantitative estimate of drug-likeness (QED) is 0.189. The summed E-state index contributed by atoms with van der Waals surface area (Å²) in [6.07, 6.45) is 10.2. The molecule has 5 aromatic rings. The predicted molar refractivity (Wildman–Crippen MR) is 169 cm³/mol. The zero-order valence-electron chi connectivity index (χ0n) is 24.4. The molecule has 0 spiro atoms. The van der Waals surface area contributed by atoms with E-state index in [4.69, 9.17) is 0 Å². The summed E-state index contributed by atoms with van der Waals surface area (Å²) in [5, 5.41) is 0. The Morgan fingerprint density at radius 3 is 2.12 bits per heavy atom. The monoisotopic (exact) mass is 534 g/mol. The summed E-state index contributed by atoms with van der Waals surface area (Å²) >= 11 is 0. The first-order valence-corrected chi connectivity index (χ1v) is 15.3. The smallest absolute Gasteiger partial charge is 0.188 e. The fraction of sp³-hybridized carbons (Fsp3) is 0.231. The molecule has 2 aromatic heterocycles. The van der Waals surface area contributed by atoms with E-state index in [1.54, 1.807) is 0 Å². The van der Waals surface area contributed by atoms with Crippen LogP contribution in [0.3, 0.4) is 0 Å². The molecule has 4 heterocycles. The van der Waals surface area contributed by atoms with Crippen molar-refractivity contribution in [3.63, 3.8) is 0 Å². The number of allylic oxidation sites excluding steroid dienone is 1. The number of hydrogen-bond acceptors (Lipinski definition) is 0. The van der Waals surface area contributed by atoms with Gasteiger partial charge >= 0.3 is 0 Å². The maximum absolute atomic E-state index is 2.57. The van der Waals surface area contributed by atoms with E-state index < -0.39 is 0 Å². The zero-order valence-corrected chi connectivity index (χ0v) is 24.4. The van der Waals surface area contributed by atoms with Crippen LogP contribution in [0.25, 0.3) is 44.9 Å². The van der Waals surface area contributed by atoms with Crippen molar-refractivity contribution in [1.82, 2.24) is 0 Å². The van der Waals surface area contributed by atoms with Crippen LogP contribution >= 0.6 is 0 Å². The minimum absolute atomic E-state index is 0.169. The Bertz CT molecular complexity index is 1760. The van der Waals surface area contributed by atoms with Crippen molar-refractivity contribution in [2.45, 2.75) is 58.4 Å². The number of benzene rings is 3. The zero-order chi connectivity index (χ0) is 28.0. The van der Waals surface area contributed by atoms with Crippen LogP contribution in [-0.4, -0.2) is 0 Å². The highest BCUT2D eigenvalue weighted by molar-refractivity contribution is 6.00. The van der Waals surface area contributed by atoms with E-state index in [1.165, 1.54) is 74.4 Å². The molecule has 0 amide bonds. The van der Waals surface area contributed by atoms with E-state index in [0.29, 0.717) is 0 Å². The van der Waals surface area contributed by atoms with E-state index in [2.05, 4.69) is 145 Å². The van der Waals surface area contributed by atoms with Crippen molar-refractivity contribution in [3.05, 3.63) is 132 Å². The van der Waals surface area contributed by atoms with Crippen LogP contribution in [0.15, 0.2) is 116 Å². The maximum Gasteiger partial charge on any atom is 0.230 e. The van der Waals surface area contributed by atoms with Gasteiger partial charge in [-0.25, -0.2) is 0 Å². The Kier molecular flexibility index (Phi) is 6.43. The molecular formula is C39H38N2+2. The Morgan fingerprint density at radius 1 is 0.585 bits per heavy atom. The maximum atomic E-state index is 2.57. The van der Waals surface area contributed by atoms with Crippen LogP contribution < -0.4 is 9.13 Å². The van der Waals surface area contributed by atoms with Crippen LogP contribution in [-0.2, 0) is 12.0 Å². The Balaban J connectivity index is 1.54. The summed E-state index contributed by atoms with van der Waals surface area (Å²) < 4.78 is 5.01. The van der Waals surface area contributed by atoms with E-state index in [9.17, 15) is 0 Å². The molecule has 0 fully saturated rings. The molecule has 0 bridgehead atoms. The van der Waals surface area contributed by atoms with E-state index in [-0.39, 0.29) is 5.54 Å². The lowest BCUT2D eigenvalue weighted by atomic mass is 9.72. The molecule has 0 unspecified atom stereocenters. The fourth-order valence-corrected chi connectivity index (χ4v) is 7.30. The van der Waals surface area contributed by atoms with Crippen LogP contribution in [0.1, 0.15) is 63.1 Å². The lowest BCUT2D eigenvalue weighted by Crippen LogP contribution is -2.60. The van der Waals surface area contributed by atoms with Crippen molar-refractivity contribution in [3.8, 4) is 33.6 Å². The summed E-state index contributed by atoms with van der Waals surface area (Å²) in [7, 11) is 0. The summed E-state index contributed by atoms with van der Waals surface area (Å²) in [5.74, 6) is 0. The topological polar surface area (TPSA) is 7.76 Å². The normalized spacial score (nSPS) is 16.1. The van der Waals surface area contributed by atoms with Gasteiger partial charge in [0.2, 0.25) is 17.1 Å². The Morgan fingerprint density at radius 2 is 1.32 bits per heavy atom. The van der Waals surface area contributed by atoms with Gasteiger partial charge in [0.05, 0.1) is 16.7 Å². The molecule has 0 aliphatic carbocycles. The second-order valence-electron chi connectivity index (χ2n) is 11.5. The van der Waals surface area contributed by atoms with E-state index in [0.717, 1.165) is 19.3 Å². The third kappa shape index (κ3) is 3.92. The van der Waals surface area contributed by atoms with Crippen LogP contribution in [0.2, 0.25) is 0 Å². The van der Waals surface area contributed by atoms with Gasteiger partial charge in [0.15, 0.2) is 17.9 Å². The summed E-state index contributed by atoms with van der Waals surface area (Å²) in [5.41, 5.74) is 14.4. The minimum Gasteiger partial charge on any atom is -0.188 e. The van der Waals surface area contributed by atoms with Gasteiger partial charge in [-0.15, -0.1) is 0 Å². The minimum atomic E-state index is -0.169. The summed E-state index contributed by atoms with van der Waals surface area (Å²) in [4.78, 5) is 0. The first kappa shape index (κ1) is 25.7. The standard InChI is InChI=1S/C39H38N2/c1-4-7-15-28-16-14-17-29(26-28)30-22-23-32-34(27-30)36-21-11-13-25-41(36)39(5-2,6-3)37(32)38-33-19-9-8-18-31(33)35-20-10-12-24-40(35)38/h8-14,16-27H,4-7,15H2,1-3H3/q+2. The first-order valence-electron chi connectivity index (χ1n) is 15.3. The fourth-order valence-electron chi connectivity index (χ4n) is 7.30. The SMILES string of the molecule is CCCCc1cccc(-c2ccc3c(c2)-c2cccc[n+]2C(CC)(CC)C3=C2c3ccccc3-c3cccc[n+]32)c1. The highest BCUT2D eigenvalue weighted by Crippen LogP contribution is 2.50. The molecule has 41 heavy (non-hydrogen) atoms. The van der Waals surface area contributed by atoms with Gasteiger partial charge in [-0.05, 0) is 59.9 Å². The molecule has 2 nitrogen and oxygen atoms in total. The Hall–Kier alpha value is -4.30. The van der Waals surface area contributed by atoms with Gasteiger partial charge in [-0.1, -0.05) is 75.7 Å². The predicted octanol–water partition coefficient (Wildman–Crippen LogP) is 8.86. The Labute approximate surface area is 244 Å². The number of unbranched alkanes of at least 4 members (excludes halogenated alkanes) is 1. The van der Waals surface area contributed by atoms with Crippen LogP contribution in [0.5, 0.6) is 0 Å². The average Bonchev–Trinajstić information content (AvgIpc) is 3.37. The number of hydrogen-bond donors (Lipinski definition) is 0. The molecule has 202 valence electrons. The molecule has 0 radical (unpaired) electrons. The first-order chi connectivity index (χ1) is 20.2. The lowest BCUT2D eigenvalue weighted by molar-refractivity contribution is -0.742. The molecule has 0 atom stereocenters. The molecular weight excluding hydrogens is 496 g/mol. The van der Waals surface area contributed by atoms with Crippen molar-refractivity contribution >= 4 is 11.3 Å². The number of aryl methyl sites for hydroxylation is 1. The number of aromatic nitrogens is 2. The molecule has 2 aliphatic rings. The molecule has 3 aromatic carbocycles. The molecule has 7 rings (SSSR count). The molecule has 0 N–H and O–H groups in total. The van der Waals surface area contributed by atoms with Gasteiger partial charge in [0.25, 0.3) is 0 Å². The number of rotatable bonds is 6. The van der Waals surface area contributed by atoms with Gasteiger partial charge in [-0.2, -0.15) is 9.13 Å². The molecule has 2 aliphatic heterocycles. The summed E-state index contributed by atoms with van der Waals surface area (Å²) in [6, 6.07) is 38.5. The second-order valence-corrected chi connectivity index (χ2v) is 11.5. The van der Waals surface area contributed by atoms with Gasteiger partial charge in [0.1, 0.15) is 5.57 Å². The summed E-state index contributed by atoms with van der Waals surface area (Å²) in [6.45, 7) is 6.97. The van der Waals surface area contributed by atoms with Crippen molar-refractivity contribution in [2.24, 2.45) is 0 Å². The third-order valence-corrected chi connectivity index (χ3v) is 9.40. The van der Waals surface area contributed by atoms with Gasteiger partial charge < -0.3 is 0 Å². The van der Waals surface area contributed by atoms with Crippen LogP contribution in [0.4, 0.5) is 0 Å². The van der Waals surface area contributed by atoms with E-state index >= 15 is 0 Å². The third-order valence-electron chi connectivity index (χ3n) is 9.40. The van der Waals surface area contributed by atoms with Gasteiger partial charge in [-0.3, -0.25) is 0 Å². The van der Waals surface area contributed by atoms with E-state index in [1.807, 2.05) is 0 Å². The van der Waals surface area contributed by atoms with Crippen molar-refractivity contribution in [2.75, 3.05) is 0 Å². The van der Waals surface area contributed by atoms with Crippen molar-refractivity contribution in [1.29, 1.82) is 0 Å². The molecule has 0 saturated heterocycles. The van der Waals surface area contributed by atoms with Gasteiger partial charge in [0, 0.05) is 42.7 Å². The largest absolute Gasteiger partial charge is 0.230 e. The number of fused-ring (bicyclic) bond motifs is 6. The number of nitrogens with zero attached hydrogens (tertiary/aromatic N) is 2. The molecule has 2 heteroatoms. The number of pyridine rings is 2. The molecule has 0 saturated carbocycles. The van der Waals surface area contributed by atoms with Crippen LogP contribution in [0, 0.1) is 0 Å². The highest BCUT2D eigenvalue weighted by atomic mass is 15.1. The highest BCUT2D eigenvalue weighted by Gasteiger charge is 2.53.